The predicted molar refractivity (Wildman–Crippen MR) is 96.6 cm³/mol. The average Bonchev–Trinajstić information content (AvgIpc) is 3.02. The lowest BCUT2D eigenvalue weighted by molar-refractivity contribution is -0.123. The molecule has 6 nitrogen and oxygen atoms in total. The Labute approximate surface area is 149 Å². The van der Waals surface area contributed by atoms with Crippen molar-refractivity contribution in [2.75, 3.05) is 6.54 Å². The molecule has 1 aliphatic heterocycles. The van der Waals surface area contributed by atoms with Crippen LogP contribution in [0.1, 0.15) is 49.8 Å². The SMILES string of the molecule is CC(=O)NC(CC(=O)NC1CCC2CNNC2C1)c1ccc(C)cc1. The summed E-state index contributed by atoms with van der Waals surface area (Å²) in [5.74, 6) is 0.543. The molecular formula is C19H28N4O2. The molecule has 4 N–H and O–H groups in total. The van der Waals surface area contributed by atoms with Crippen molar-refractivity contribution in [1.29, 1.82) is 0 Å². The molecule has 136 valence electrons. The standard InChI is InChI=1S/C19H28N4O2/c1-12-3-5-14(6-4-12)17(21-13(2)24)10-19(25)22-16-8-7-15-11-20-23-18(15)9-16/h3-6,15-18,20,23H,7-11H2,1-2H3,(H,21,24)(H,22,25). The van der Waals surface area contributed by atoms with Crippen LogP contribution in [0.15, 0.2) is 24.3 Å². The van der Waals surface area contributed by atoms with Crippen LogP contribution >= 0.6 is 0 Å². The molecule has 4 atom stereocenters. The third-order valence-electron chi connectivity index (χ3n) is 5.26. The molecule has 2 aliphatic rings. The Morgan fingerprint density at radius 1 is 1.24 bits per heavy atom. The number of fused-ring (bicyclic) bond motifs is 1. The molecule has 1 heterocycles. The lowest BCUT2D eigenvalue weighted by atomic mass is 9.83. The second-order valence-corrected chi connectivity index (χ2v) is 7.34. The number of hydrazine groups is 1. The highest BCUT2D eigenvalue weighted by molar-refractivity contribution is 5.79. The highest BCUT2D eigenvalue weighted by Crippen LogP contribution is 2.27. The molecule has 0 radical (unpaired) electrons. The van der Waals surface area contributed by atoms with Gasteiger partial charge in [-0.25, -0.2) is 0 Å². The smallest absolute Gasteiger partial charge is 0.222 e. The molecule has 6 heteroatoms. The minimum absolute atomic E-state index is 0.00580. The molecule has 25 heavy (non-hydrogen) atoms. The molecule has 2 fully saturated rings. The fourth-order valence-corrected chi connectivity index (χ4v) is 3.87. The van der Waals surface area contributed by atoms with Gasteiger partial charge in [0.2, 0.25) is 11.8 Å². The molecule has 0 spiro atoms. The van der Waals surface area contributed by atoms with Crippen molar-refractivity contribution >= 4 is 11.8 Å². The lowest BCUT2D eigenvalue weighted by Crippen LogP contribution is -2.46. The summed E-state index contributed by atoms with van der Waals surface area (Å²) in [6.07, 6.45) is 3.37. The van der Waals surface area contributed by atoms with Crippen molar-refractivity contribution in [3.05, 3.63) is 35.4 Å². The third kappa shape index (κ3) is 4.80. The van der Waals surface area contributed by atoms with Gasteiger partial charge in [-0.2, -0.15) is 0 Å². The van der Waals surface area contributed by atoms with Crippen LogP contribution in [-0.4, -0.2) is 30.4 Å². The van der Waals surface area contributed by atoms with Gasteiger partial charge in [-0.15, -0.1) is 0 Å². The first-order valence-electron chi connectivity index (χ1n) is 9.12. The van der Waals surface area contributed by atoms with E-state index in [1.807, 2.05) is 31.2 Å². The van der Waals surface area contributed by atoms with E-state index in [1.165, 1.54) is 6.92 Å². The van der Waals surface area contributed by atoms with Crippen LogP contribution in [0.4, 0.5) is 0 Å². The Morgan fingerprint density at radius 2 is 2.00 bits per heavy atom. The number of hydrogen-bond donors (Lipinski definition) is 4. The lowest BCUT2D eigenvalue weighted by Gasteiger charge is -2.31. The van der Waals surface area contributed by atoms with E-state index in [0.29, 0.717) is 12.0 Å². The fraction of sp³-hybridized carbons (Fsp3) is 0.579. The van der Waals surface area contributed by atoms with Crippen molar-refractivity contribution in [3.8, 4) is 0 Å². The van der Waals surface area contributed by atoms with Crippen molar-refractivity contribution in [3.63, 3.8) is 0 Å². The number of carbonyl (C=O) groups excluding carboxylic acids is 2. The summed E-state index contributed by atoms with van der Waals surface area (Å²) in [6, 6.07) is 8.31. The van der Waals surface area contributed by atoms with Gasteiger partial charge in [-0.3, -0.25) is 20.4 Å². The Hall–Kier alpha value is -1.92. The van der Waals surface area contributed by atoms with Crippen molar-refractivity contribution in [2.45, 2.75) is 57.7 Å². The van der Waals surface area contributed by atoms with Crippen LogP contribution < -0.4 is 21.5 Å². The van der Waals surface area contributed by atoms with E-state index >= 15 is 0 Å². The molecule has 1 saturated carbocycles. The maximum atomic E-state index is 12.5. The van der Waals surface area contributed by atoms with Crippen LogP contribution in [-0.2, 0) is 9.59 Å². The van der Waals surface area contributed by atoms with Crippen LogP contribution in [0, 0.1) is 12.8 Å². The first-order chi connectivity index (χ1) is 12.0. The summed E-state index contributed by atoms with van der Waals surface area (Å²) in [5, 5.41) is 6.06. The first kappa shape index (κ1) is 17.9. The number of aryl methyl sites for hydroxylation is 1. The van der Waals surface area contributed by atoms with Gasteiger partial charge in [0.1, 0.15) is 0 Å². The van der Waals surface area contributed by atoms with E-state index in [9.17, 15) is 9.59 Å². The van der Waals surface area contributed by atoms with Crippen LogP contribution in [0.25, 0.3) is 0 Å². The van der Waals surface area contributed by atoms with Gasteiger partial charge in [0.15, 0.2) is 0 Å². The van der Waals surface area contributed by atoms with Crippen molar-refractivity contribution in [2.24, 2.45) is 5.92 Å². The largest absolute Gasteiger partial charge is 0.353 e. The van der Waals surface area contributed by atoms with E-state index in [1.54, 1.807) is 0 Å². The van der Waals surface area contributed by atoms with Crippen molar-refractivity contribution < 1.29 is 9.59 Å². The summed E-state index contributed by atoms with van der Waals surface area (Å²) in [5.41, 5.74) is 8.63. The topological polar surface area (TPSA) is 82.3 Å². The number of rotatable bonds is 5. The summed E-state index contributed by atoms with van der Waals surface area (Å²) >= 11 is 0. The molecule has 1 aliphatic carbocycles. The number of carbonyl (C=O) groups is 2. The molecule has 1 aromatic rings. The summed E-state index contributed by atoms with van der Waals surface area (Å²) < 4.78 is 0. The van der Waals surface area contributed by atoms with Gasteiger partial charge in [-0.1, -0.05) is 29.8 Å². The Balaban J connectivity index is 1.58. The molecule has 0 aromatic heterocycles. The van der Waals surface area contributed by atoms with Crippen LogP contribution in [0.3, 0.4) is 0 Å². The molecule has 1 saturated heterocycles. The minimum Gasteiger partial charge on any atom is -0.353 e. The second kappa shape index (κ2) is 7.97. The van der Waals surface area contributed by atoms with Crippen LogP contribution in [0.5, 0.6) is 0 Å². The number of benzene rings is 1. The van der Waals surface area contributed by atoms with E-state index in [2.05, 4.69) is 21.5 Å². The first-order valence-corrected chi connectivity index (χ1v) is 9.12. The quantitative estimate of drug-likeness (QED) is 0.649. The molecule has 0 bridgehead atoms. The average molecular weight is 344 g/mol. The van der Waals surface area contributed by atoms with E-state index in [0.717, 1.165) is 36.9 Å². The molecule has 3 rings (SSSR count). The van der Waals surface area contributed by atoms with E-state index in [-0.39, 0.29) is 30.3 Å². The van der Waals surface area contributed by atoms with E-state index in [4.69, 9.17) is 0 Å². The van der Waals surface area contributed by atoms with Crippen LogP contribution in [0.2, 0.25) is 0 Å². The molecule has 4 unspecified atom stereocenters. The monoisotopic (exact) mass is 344 g/mol. The highest BCUT2D eigenvalue weighted by atomic mass is 16.2. The number of hydrogen-bond acceptors (Lipinski definition) is 4. The van der Waals surface area contributed by atoms with Gasteiger partial charge in [0, 0.05) is 25.6 Å². The number of nitrogens with one attached hydrogen (secondary N) is 4. The van der Waals surface area contributed by atoms with Gasteiger partial charge in [0.05, 0.1) is 12.5 Å². The summed E-state index contributed by atoms with van der Waals surface area (Å²) in [4.78, 5) is 24.1. The zero-order chi connectivity index (χ0) is 17.8. The zero-order valence-corrected chi connectivity index (χ0v) is 15.0. The Morgan fingerprint density at radius 3 is 2.72 bits per heavy atom. The normalized spacial score (nSPS) is 26.6. The van der Waals surface area contributed by atoms with Gasteiger partial charge < -0.3 is 10.6 Å². The maximum absolute atomic E-state index is 12.5. The second-order valence-electron chi connectivity index (χ2n) is 7.34. The molecular weight excluding hydrogens is 316 g/mol. The summed E-state index contributed by atoms with van der Waals surface area (Å²) in [7, 11) is 0. The van der Waals surface area contributed by atoms with Gasteiger partial charge >= 0.3 is 0 Å². The van der Waals surface area contributed by atoms with Gasteiger partial charge in [0.25, 0.3) is 0 Å². The molecule has 1 aromatic carbocycles. The Kier molecular flexibility index (Phi) is 5.71. The van der Waals surface area contributed by atoms with E-state index < -0.39 is 0 Å². The zero-order valence-electron chi connectivity index (χ0n) is 15.0. The number of amides is 2. The molecule has 2 amide bonds. The minimum atomic E-state index is -0.291. The predicted octanol–water partition coefficient (Wildman–Crippen LogP) is 1.32. The highest BCUT2D eigenvalue weighted by Gasteiger charge is 2.34. The summed E-state index contributed by atoms with van der Waals surface area (Å²) in [6.45, 7) is 4.52. The Bertz CT molecular complexity index is 616. The van der Waals surface area contributed by atoms with Gasteiger partial charge in [-0.05, 0) is 37.7 Å². The van der Waals surface area contributed by atoms with Crippen molar-refractivity contribution in [1.82, 2.24) is 21.5 Å². The third-order valence-corrected chi connectivity index (χ3v) is 5.26. The fourth-order valence-electron chi connectivity index (χ4n) is 3.87. The maximum Gasteiger partial charge on any atom is 0.222 e.